The summed E-state index contributed by atoms with van der Waals surface area (Å²) in [4.78, 5) is 13.9. The van der Waals surface area contributed by atoms with Gasteiger partial charge in [0, 0.05) is 28.5 Å². The van der Waals surface area contributed by atoms with Crippen LogP contribution < -0.4 is 5.32 Å². The van der Waals surface area contributed by atoms with Crippen molar-refractivity contribution in [2.75, 3.05) is 12.3 Å². The van der Waals surface area contributed by atoms with Crippen LogP contribution in [0.4, 0.5) is 0 Å². The van der Waals surface area contributed by atoms with Gasteiger partial charge in [-0.1, -0.05) is 41.0 Å². The number of benzene rings is 1. The maximum absolute atomic E-state index is 12.6. The molecule has 0 spiro atoms. The summed E-state index contributed by atoms with van der Waals surface area (Å²) in [6.45, 7) is 2.31. The van der Waals surface area contributed by atoms with Crippen LogP contribution in [0.3, 0.4) is 0 Å². The Labute approximate surface area is 159 Å². The maximum atomic E-state index is 12.6. The molecule has 2 heterocycles. The highest BCUT2D eigenvalue weighted by Crippen LogP contribution is 2.30. The fourth-order valence-electron chi connectivity index (χ4n) is 2.37. The molecule has 0 bridgehead atoms. The second-order valence-corrected chi connectivity index (χ2v) is 7.87. The van der Waals surface area contributed by atoms with Crippen molar-refractivity contribution in [2.24, 2.45) is 0 Å². The predicted octanol–water partition coefficient (Wildman–Crippen LogP) is 5.03. The molecule has 3 aromatic rings. The fourth-order valence-corrected chi connectivity index (χ4v) is 4.29. The first-order valence-electron chi connectivity index (χ1n) is 7.76. The highest BCUT2D eigenvalue weighted by Gasteiger charge is 2.22. The number of aryl methyl sites for hydroxylation is 1. The smallest absolute Gasteiger partial charge is 0.257 e. The van der Waals surface area contributed by atoms with E-state index < -0.39 is 0 Å². The van der Waals surface area contributed by atoms with Gasteiger partial charge in [-0.15, -0.1) is 11.3 Å². The highest BCUT2D eigenvalue weighted by atomic mass is 35.5. The third kappa shape index (κ3) is 4.45. The summed E-state index contributed by atoms with van der Waals surface area (Å²) in [5.74, 6) is 2.10. The molecule has 0 unspecified atom stereocenters. The molecule has 0 saturated heterocycles. The van der Waals surface area contributed by atoms with E-state index in [0.29, 0.717) is 34.1 Å². The van der Waals surface area contributed by atoms with E-state index in [4.69, 9.17) is 16.1 Å². The lowest BCUT2D eigenvalue weighted by Crippen LogP contribution is -2.26. The van der Waals surface area contributed by atoms with Crippen molar-refractivity contribution in [2.45, 2.75) is 12.7 Å². The number of aromatic nitrogens is 1. The number of hydrogen-bond donors (Lipinski definition) is 1. The van der Waals surface area contributed by atoms with Gasteiger partial charge < -0.3 is 9.84 Å². The van der Waals surface area contributed by atoms with Gasteiger partial charge in [-0.05, 0) is 24.4 Å². The number of rotatable bonds is 7. The number of thiophene rings is 1. The minimum absolute atomic E-state index is 0.189. The third-order valence-corrected chi connectivity index (χ3v) is 5.97. The number of hydrogen-bond acceptors (Lipinski definition) is 5. The van der Waals surface area contributed by atoms with E-state index >= 15 is 0 Å². The van der Waals surface area contributed by atoms with Crippen LogP contribution >= 0.6 is 34.7 Å². The lowest BCUT2D eigenvalue weighted by atomic mass is 10.1. The topological polar surface area (TPSA) is 55.1 Å². The average Bonchev–Trinajstić information content (AvgIpc) is 3.24. The van der Waals surface area contributed by atoms with Gasteiger partial charge in [0.15, 0.2) is 0 Å². The second kappa shape index (κ2) is 8.56. The van der Waals surface area contributed by atoms with E-state index in [1.165, 1.54) is 4.88 Å². The summed E-state index contributed by atoms with van der Waals surface area (Å²) in [7, 11) is 0. The Hall–Kier alpha value is -1.76. The number of thioether (sulfide) groups is 1. The normalized spacial score (nSPS) is 10.8. The molecule has 1 aromatic carbocycles. The summed E-state index contributed by atoms with van der Waals surface area (Å²) in [5.41, 5.74) is 1.61. The minimum Gasteiger partial charge on any atom is -0.360 e. The summed E-state index contributed by atoms with van der Waals surface area (Å²) in [6.07, 6.45) is 0. The summed E-state index contributed by atoms with van der Waals surface area (Å²) >= 11 is 9.76. The van der Waals surface area contributed by atoms with Gasteiger partial charge in [0.2, 0.25) is 0 Å². The molecule has 0 atom stereocenters. The van der Waals surface area contributed by atoms with Gasteiger partial charge >= 0.3 is 0 Å². The summed E-state index contributed by atoms with van der Waals surface area (Å²) in [6, 6.07) is 11.5. The van der Waals surface area contributed by atoms with Gasteiger partial charge in [-0.3, -0.25) is 4.79 Å². The summed E-state index contributed by atoms with van der Waals surface area (Å²) in [5, 5.41) is 9.57. The van der Waals surface area contributed by atoms with Gasteiger partial charge in [0.05, 0.1) is 5.02 Å². The van der Waals surface area contributed by atoms with Crippen molar-refractivity contribution in [3.8, 4) is 11.3 Å². The van der Waals surface area contributed by atoms with E-state index in [2.05, 4.69) is 21.9 Å². The number of carbonyl (C=O) groups excluding carboxylic acids is 1. The van der Waals surface area contributed by atoms with Gasteiger partial charge in [-0.2, -0.15) is 11.8 Å². The molecule has 25 heavy (non-hydrogen) atoms. The molecular formula is C18H17ClN2O2S2. The molecular weight excluding hydrogens is 376 g/mol. The van der Waals surface area contributed by atoms with Crippen molar-refractivity contribution >= 4 is 40.6 Å². The molecule has 130 valence electrons. The molecule has 0 radical (unpaired) electrons. The van der Waals surface area contributed by atoms with Crippen LogP contribution in [-0.2, 0) is 5.75 Å². The molecule has 0 aliphatic heterocycles. The van der Waals surface area contributed by atoms with Crippen molar-refractivity contribution in [1.29, 1.82) is 0 Å². The number of halogens is 1. The standard InChI is InChI=1S/C18H17ClN2O2S2/c1-12-16(17(21-23-12)14-6-2-3-7-15(14)19)18(22)20-8-10-24-11-13-5-4-9-25-13/h2-7,9H,8,10-11H2,1H3,(H,20,22). The van der Waals surface area contributed by atoms with Crippen LogP contribution in [0, 0.1) is 6.92 Å². The van der Waals surface area contributed by atoms with Crippen molar-refractivity contribution in [3.63, 3.8) is 0 Å². The number of carbonyl (C=O) groups is 1. The van der Waals surface area contributed by atoms with Crippen LogP contribution in [0.25, 0.3) is 11.3 Å². The fraction of sp³-hybridized carbons (Fsp3) is 0.222. The van der Waals surface area contributed by atoms with E-state index in [9.17, 15) is 4.79 Å². The molecule has 0 aliphatic rings. The minimum atomic E-state index is -0.189. The van der Waals surface area contributed by atoms with Crippen LogP contribution in [0.15, 0.2) is 46.3 Å². The third-order valence-electron chi connectivity index (χ3n) is 3.58. The molecule has 2 aromatic heterocycles. The van der Waals surface area contributed by atoms with Crippen LogP contribution in [0.1, 0.15) is 21.0 Å². The van der Waals surface area contributed by atoms with E-state index in [0.717, 1.165) is 11.5 Å². The average molecular weight is 393 g/mol. The number of amides is 1. The Morgan fingerprint density at radius 2 is 2.16 bits per heavy atom. The largest absolute Gasteiger partial charge is 0.360 e. The molecule has 3 rings (SSSR count). The van der Waals surface area contributed by atoms with Gasteiger partial charge in [-0.25, -0.2) is 0 Å². The molecule has 0 saturated carbocycles. The Morgan fingerprint density at radius 3 is 2.92 bits per heavy atom. The lowest BCUT2D eigenvalue weighted by molar-refractivity contribution is 0.0955. The second-order valence-electron chi connectivity index (χ2n) is 5.33. The summed E-state index contributed by atoms with van der Waals surface area (Å²) < 4.78 is 5.23. The zero-order chi connectivity index (χ0) is 17.6. The number of nitrogens with zero attached hydrogens (tertiary/aromatic N) is 1. The van der Waals surface area contributed by atoms with Crippen LogP contribution in [-0.4, -0.2) is 23.4 Å². The highest BCUT2D eigenvalue weighted by molar-refractivity contribution is 7.98. The SMILES string of the molecule is Cc1onc(-c2ccccc2Cl)c1C(=O)NCCSCc1cccs1. The Morgan fingerprint density at radius 1 is 1.32 bits per heavy atom. The Bertz CT molecular complexity index is 847. The van der Waals surface area contributed by atoms with Crippen LogP contribution in [0.5, 0.6) is 0 Å². The van der Waals surface area contributed by atoms with Crippen molar-refractivity contribution in [1.82, 2.24) is 10.5 Å². The Kier molecular flexibility index (Phi) is 6.18. The zero-order valence-corrected chi connectivity index (χ0v) is 16.0. The monoisotopic (exact) mass is 392 g/mol. The quantitative estimate of drug-likeness (QED) is 0.573. The maximum Gasteiger partial charge on any atom is 0.257 e. The van der Waals surface area contributed by atoms with E-state index in [1.807, 2.05) is 24.3 Å². The molecule has 1 amide bonds. The first-order chi connectivity index (χ1) is 12.2. The molecule has 1 N–H and O–H groups in total. The molecule has 0 fully saturated rings. The van der Waals surface area contributed by atoms with Gasteiger partial charge in [0.1, 0.15) is 17.0 Å². The van der Waals surface area contributed by atoms with Gasteiger partial charge in [0.25, 0.3) is 5.91 Å². The zero-order valence-electron chi connectivity index (χ0n) is 13.6. The molecule has 0 aliphatic carbocycles. The molecule has 7 heteroatoms. The first kappa shape index (κ1) is 18.0. The predicted molar refractivity (Wildman–Crippen MR) is 105 cm³/mol. The molecule has 4 nitrogen and oxygen atoms in total. The van der Waals surface area contributed by atoms with Crippen molar-refractivity contribution in [3.05, 3.63) is 63.0 Å². The Balaban J connectivity index is 1.61. The van der Waals surface area contributed by atoms with E-state index in [-0.39, 0.29) is 5.91 Å². The lowest BCUT2D eigenvalue weighted by Gasteiger charge is -2.06. The van der Waals surface area contributed by atoms with Crippen molar-refractivity contribution < 1.29 is 9.32 Å². The van der Waals surface area contributed by atoms with E-state index in [1.54, 1.807) is 36.1 Å². The number of nitrogens with one attached hydrogen (secondary N) is 1. The first-order valence-corrected chi connectivity index (χ1v) is 10.2. The van der Waals surface area contributed by atoms with Crippen LogP contribution in [0.2, 0.25) is 5.02 Å².